The van der Waals surface area contributed by atoms with Crippen LogP contribution in [0.5, 0.6) is 11.5 Å². The number of hydrogen-bond acceptors (Lipinski definition) is 5. The standard InChI is InChI=1S/C28H32N2O4S/c1-19-13-20(2)15-22(14-19)17-35-18-27(31)30-24-8-6-5-7-23(24)28(32)29-12-11-21-9-10-25(33-3)26(16-21)34-4/h5-10,13-16H,11-12,17-18H2,1-4H3,(H,29,32)(H,30,31). The summed E-state index contributed by atoms with van der Waals surface area (Å²) in [5.74, 6) is 2.02. The fraction of sp³-hybridized carbons (Fsp3) is 0.286. The van der Waals surface area contributed by atoms with Crippen molar-refractivity contribution in [3.63, 3.8) is 0 Å². The first-order chi connectivity index (χ1) is 16.9. The molecule has 0 spiro atoms. The Morgan fingerprint density at radius 2 is 1.57 bits per heavy atom. The molecule has 0 radical (unpaired) electrons. The molecule has 2 N–H and O–H groups in total. The van der Waals surface area contributed by atoms with Crippen molar-refractivity contribution in [1.82, 2.24) is 5.32 Å². The van der Waals surface area contributed by atoms with Crippen LogP contribution in [0, 0.1) is 13.8 Å². The van der Waals surface area contributed by atoms with Crippen molar-refractivity contribution in [2.45, 2.75) is 26.0 Å². The second kappa shape index (κ2) is 12.9. The second-order valence-corrected chi connectivity index (χ2v) is 9.26. The number of rotatable bonds is 11. The van der Waals surface area contributed by atoms with E-state index in [0.717, 1.165) is 11.3 Å². The number of para-hydroxylation sites is 1. The molecule has 0 bridgehead atoms. The highest BCUT2D eigenvalue weighted by molar-refractivity contribution is 7.99. The Kier molecular flexibility index (Phi) is 9.61. The van der Waals surface area contributed by atoms with Gasteiger partial charge in [0.1, 0.15) is 0 Å². The quantitative estimate of drug-likeness (QED) is 0.386. The highest BCUT2D eigenvalue weighted by Gasteiger charge is 2.13. The fourth-order valence-electron chi connectivity index (χ4n) is 3.84. The number of anilines is 1. The van der Waals surface area contributed by atoms with E-state index in [0.29, 0.717) is 41.5 Å². The number of ether oxygens (including phenoxy) is 2. The molecule has 3 aromatic carbocycles. The first kappa shape index (κ1) is 26.2. The summed E-state index contributed by atoms with van der Waals surface area (Å²) in [7, 11) is 3.19. The molecule has 6 nitrogen and oxygen atoms in total. The number of carbonyl (C=O) groups excluding carboxylic acids is 2. The lowest BCUT2D eigenvalue weighted by Crippen LogP contribution is -2.27. The van der Waals surface area contributed by atoms with E-state index in [4.69, 9.17) is 9.47 Å². The second-order valence-electron chi connectivity index (χ2n) is 8.28. The largest absolute Gasteiger partial charge is 0.493 e. The van der Waals surface area contributed by atoms with Crippen LogP contribution in [0.25, 0.3) is 0 Å². The molecule has 35 heavy (non-hydrogen) atoms. The third kappa shape index (κ3) is 7.79. The molecule has 7 heteroatoms. The number of benzene rings is 3. The van der Waals surface area contributed by atoms with Gasteiger partial charge in [-0.1, -0.05) is 47.5 Å². The van der Waals surface area contributed by atoms with Crippen molar-refractivity contribution in [1.29, 1.82) is 0 Å². The molecule has 0 aromatic heterocycles. The predicted molar refractivity (Wildman–Crippen MR) is 143 cm³/mol. The van der Waals surface area contributed by atoms with E-state index < -0.39 is 0 Å². The van der Waals surface area contributed by atoms with E-state index in [-0.39, 0.29) is 11.8 Å². The Morgan fingerprint density at radius 3 is 2.29 bits per heavy atom. The topological polar surface area (TPSA) is 76.7 Å². The van der Waals surface area contributed by atoms with Crippen molar-refractivity contribution < 1.29 is 19.1 Å². The molecule has 0 fully saturated rings. The van der Waals surface area contributed by atoms with E-state index >= 15 is 0 Å². The van der Waals surface area contributed by atoms with Gasteiger partial charge < -0.3 is 20.1 Å². The third-order valence-electron chi connectivity index (χ3n) is 5.38. The lowest BCUT2D eigenvalue weighted by molar-refractivity contribution is -0.113. The molecule has 2 amide bonds. The summed E-state index contributed by atoms with van der Waals surface area (Å²) < 4.78 is 10.6. The number of methoxy groups -OCH3 is 2. The maximum atomic E-state index is 12.8. The highest BCUT2D eigenvalue weighted by Crippen LogP contribution is 2.27. The van der Waals surface area contributed by atoms with E-state index in [9.17, 15) is 9.59 Å². The van der Waals surface area contributed by atoms with Crippen LogP contribution in [0.15, 0.2) is 60.7 Å². The molecule has 184 valence electrons. The molecule has 0 saturated heterocycles. The molecule has 0 atom stereocenters. The van der Waals surface area contributed by atoms with Gasteiger partial charge in [-0.05, 0) is 55.7 Å². The van der Waals surface area contributed by atoms with E-state index in [1.54, 1.807) is 50.2 Å². The van der Waals surface area contributed by atoms with Crippen LogP contribution in [-0.4, -0.2) is 38.3 Å². The van der Waals surface area contributed by atoms with Gasteiger partial charge in [-0.15, -0.1) is 11.8 Å². The Bertz CT molecular complexity index is 1160. The summed E-state index contributed by atoms with van der Waals surface area (Å²) in [6.07, 6.45) is 0.635. The van der Waals surface area contributed by atoms with Gasteiger partial charge in [-0.2, -0.15) is 0 Å². The summed E-state index contributed by atoms with van der Waals surface area (Å²) >= 11 is 1.55. The van der Waals surface area contributed by atoms with Gasteiger partial charge in [0, 0.05) is 12.3 Å². The maximum Gasteiger partial charge on any atom is 0.253 e. The van der Waals surface area contributed by atoms with Gasteiger partial charge in [0.25, 0.3) is 5.91 Å². The zero-order chi connectivity index (χ0) is 25.2. The van der Waals surface area contributed by atoms with E-state index in [1.807, 2.05) is 18.2 Å². The number of nitrogens with one attached hydrogen (secondary N) is 2. The van der Waals surface area contributed by atoms with E-state index in [1.165, 1.54) is 16.7 Å². The van der Waals surface area contributed by atoms with Gasteiger partial charge in [0.2, 0.25) is 5.91 Å². The monoisotopic (exact) mass is 492 g/mol. The van der Waals surface area contributed by atoms with Crippen LogP contribution in [0.4, 0.5) is 5.69 Å². The van der Waals surface area contributed by atoms with Crippen LogP contribution in [0.1, 0.15) is 32.6 Å². The molecule has 0 unspecified atom stereocenters. The minimum atomic E-state index is -0.232. The minimum Gasteiger partial charge on any atom is -0.493 e. The van der Waals surface area contributed by atoms with Crippen LogP contribution in [0.2, 0.25) is 0 Å². The van der Waals surface area contributed by atoms with Crippen molar-refractivity contribution in [3.8, 4) is 11.5 Å². The van der Waals surface area contributed by atoms with Crippen LogP contribution >= 0.6 is 11.8 Å². The van der Waals surface area contributed by atoms with Crippen molar-refractivity contribution in [3.05, 3.63) is 88.5 Å². The Morgan fingerprint density at radius 1 is 0.857 bits per heavy atom. The molecule has 3 rings (SSSR count). The van der Waals surface area contributed by atoms with Gasteiger partial charge in [0.15, 0.2) is 11.5 Å². The molecule has 0 aliphatic heterocycles. The normalized spacial score (nSPS) is 10.5. The van der Waals surface area contributed by atoms with Crippen molar-refractivity contribution >= 4 is 29.3 Å². The molecular formula is C28H32N2O4S. The average Bonchev–Trinajstić information content (AvgIpc) is 2.83. The minimum absolute atomic E-state index is 0.134. The number of thioether (sulfide) groups is 1. The Hall–Kier alpha value is -3.45. The van der Waals surface area contributed by atoms with Crippen molar-refractivity contribution in [2.75, 3.05) is 31.8 Å². The summed E-state index contributed by atoms with van der Waals surface area (Å²) in [5.41, 5.74) is 5.60. The van der Waals surface area contributed by atoms with Gasteiger partial charge >= 0.3 is 0 Å². The molecule has 3 aromatic rings. The third-order valence-corrected chi connectivity index (χ3v) is 6.38. The number of carbonyl (C=O) groups is 2. The van der Waals surface area contributed by atoms with Gasteiger partial charge in [-0.3, -0.25) is 9.59 Å². The van der Waals surface area contributed by atoms with Gasteiger partial charge in [0.05, 0.1) is 31.2 Å². The van der Waals surface area contributed by atoms with Crippen LogP contribution in [-0.2, 0) is 17.0 Å². The zero-order valence-corrected chi connectivity index (χ0v) is 21.5. The molecular weight excluding hydrogens is 460 g/mol. The first-order valence-electron chi connectivity index (χ1n) is 11.4. The molecule has 0 aliphatic carbocycles. The lowest BCUT2D eigenvalue weighted by Gasteiger charge is -2.12. The Labute approximate surface area is 211 Å². The van der Waals surface area contributed by atoms with Crippen LogP contribution in [0.3, 0.4) is 0 Å². The SMILES string of the molecule is COc1ccc(CCNC(=O)c2ccccc2NC(=O)CSCc2cc(C)cc(C)c2)cc1OC. The first-order valence-corrected chi connectivity index (χ1v) is 12.6. The smallest absolute Gasteiger partial charge is 0.253 e. The van der Waals surface area contributed by atoms with E-state index in [2.05, 4.69) is 42.7 Å². The summed E-state index contributed by atoms with van der Waals surface area (Å²) in [6, 6.07) is 19.1. The van der Waals surface area contributed by atoms with Crippen LogP contribution < -0.4 is 20.1 Å². The maximum absolute atomic E-state index is 12.8. The predicted octanol–water partition coefficient (Wildman–Crippen LogP) is 5.17. The lowest BCUT2D eigenvalue weighted by atomic mass is 10.1. The molecule has 0 aliphatic rings. The number of aryl methyl sites for hydroxylation is 2. The summed E-state index contributed by atoms with van der Waals surface area (Å²) in [5, 5.41) is 5.82. The average molecular weight is 493 g/mol. The van der Waals surface area contributed by atoms with Crippen molar-refractivity contribution in [2.24, 2.45) is 0 Å². The number of hydrogen-bond donors (Lipinski definition) is 2. The molecule has 0 heterocycles. The van der Waals surface area contributed by atoms with Gasteiger partial charge in [-0.25, -0.2) is 0 Å². The fourth-order valence-corrected chi connectivity index (χ4v) is 4.60. The Balaban J connectivity index is 1.52. The molecule has 0 saturated carbocycles. The highest BCUT2D eigenvalue weighted by atomic mass is 32.2. The zero-order valence-electron chi connectivity index (χ0n) is 20.6. The summed E-state index contributed by atoms with van der Waals surface area (Å²) in [4.78, 5) is 25.3. The summed E-state index contributed by atoms with van der Waals surface area (Å²) in [6.45, 7) is 4.59. The number of amides is 2.